The SMILES string of the molecule is CCN1C(=O)c2cc(NC(=O)c3cc(C)cc(C)c3)ccc2Oc2ccccc21. The van der Waals surface area contributed by atoms with Gasteiger partial charge in [-0.2, -0.15) is 0 Å². The molecular weight excluding hydrogens is 364 g/mol. The summed E-state index contributed by atoms with van der Waals surface area (Å²) in [6.07, 6.45) is 0. The first-order valence-electron chi connectivity index (χ1n) is 9.58. The van der Waals surface area contributed by atoms with Gasteiger partial charge in [0.15, 0.2) is 5.75 Å². The highest BCUT2D eigenvalue weighted by Crippen LogP contribution is 2.39. The van der Waals surface area contributed by atoms with Crippen LogP contribution in [0, 0.1) is 13.8 Å². The van der Waals surface area contributed by atoms with Crippen LogP contribution in [0.15, 0.2) is 60.7 Å². The Bertz CT molecular complexity index is 1100. The second-order valence-corrected chi connectivity index (χ2v) is 7.16. The molecule has 1 aliphatic rings. The number of hydrogen-bond acceptors (Lipinski definition) is 3. The van der Waals surface area contributed by atoms with Gasteiger partial charge in [-0.05, 0) is 63.2 Å². The van der Waals surface area contributed by atoms with E-state index in [0.717, 1.165) is 16.8 Å². The summed E-state index contributed by atoms with van der Waals surface area (Å²) in [6, 6.07) is 18.3. The molecule has 5 heteroatoms. The molecule has 0 spiro atoms. The number of aryl methyl sites for hydroxylation is 2. The van der Waals surface area contributed by atoms with Crippen molar-refractivity contribution in [2.75, 3.05) is 16.8 Å². The van der Waals surface area contributed by atoms with Gasteiger partial charge in [-0.15, -0.1) is 0 Å². The van der Waals surface area contributed by atoms with Gasteiger partial charge in [-0.1, -0.05) is 29.3 Å². The van der Waals surface area contributed by atoms with Crippen molar-refractivity contribution in [2.45, 2.75) is 20.8 Å². The van der Waals surface area contributed by atoms with Crippen molar-refractivity contribution in [3.05, 3.63) is 82.9 Å². The molecule has 0 saturated heterocycles. The maximum atomic E-state index is 13.2. The first-order chi connectivity index (χ1) is 14.0. The lowest BCUT2D eigenvalue weighted by molar-refractivity contribution is 0.0985. The first-order valence-corrected chi connectivity index (χ1v) is 9.58. The Kier molecular flexibility index (Phi) is 4.80. The zero-order chi connectivity index (χ0) is 20.5. The van der Waals surface area contributed by atoms with E-state index in [4.69, 9.17) is 4.74 Å². The number of ether oxygens (including phenoxy) is 1. The minimum absolute atomic E-state index is 0.157. The summed E-state index contributed by atoms with van der Waals surface area (Å²) in [4.78, 5) is 27.5. The number of hydrogen-bond donors (Lipinski definition) is 1. The molecule has 0 bridgehead atoms. The molecule has 0 radical (unpaired) electrons. The van der Waals surface area contributed by atoms with Gasteiger partial charge in [0.1, 0.15) is 5.75 Å². The third kappa shape index (κ3) is 3.59. The van der Waals surface area contributed by atoms with E-state index in [1.165, 1.54) is 0 Å². The molecule has 1 heterocycles. The summed E-state index contributed by atoms with van der Waals surface area (Å²) in [7, 11) is 0. The summed E-state index contributed by atoms with van der Waals surface area (Å²) in [6.45, 7) is 6.35. The number of amides is 2. The van der Waals surface area contributed by atoms with Crippen LogP contribution in [0.2, 0.25) is 0 Å². The van der Waals surface area contributed by atoms with E-state index in [0.29, 0.717) is 34.9 Å². The van der Waals surface area contributed by atoms with Crippen molar-refractivity contribution in [3.8, 4) is 11.5 Å². The standard InChI is InChI=1S/C24H22N2O3/c1-4-26-20-7-5-6-8-22(20)29-21-10-9-18(14-19(21)24(26)28)25-23(27)17-12-15(2)11-16(3)13-17/h5-14H,4H2,1-3H3,(H,25,27). The quantitative estimate of drug-likeness (QED) is 0.662. The fourth-order valence-corrected chi connectivity index (χ4v) is 3.63. The minimum Gasteiger partial charge on any atom is -0.454 e. The Morgan fingerprint density at radius 3 is 2.41 bits per heavy atom. The molecule has 0 aromatic heterocycles. The van der Waals surface area contributed by atoms with Crippen LogP contribution in [0.25, 0.3) is 0 Å². The molecule has 1 aliphatic heterocycles. The Hall–Kier alpha value is -3.60. The normalized spacial score (nSPS) is 12.5. The van der Waals surface area contributed by atoms with Gasteiger partial charge in [0.2, 0.25) is 0 Å². The highest BCUT2D eigenvalue weighted by atomic mass is 16.5. The molecule has 0 aliphatic carbocycles. The molecule has 5 nitrogen and oxygen atoms in total. The van der Waals surface area contributed by atoms with Crippen molar-refractivity contribution in [2.24, 2.45) is 0 Å². The van der Waals surface area contributed by atoms with Crippen LogP contribution < -0.4 is 15.0 Å². The summed E-state index contributed by atoms with van der Waals surface area (Å²) in [5.41, 5.74) is 4.33. The average molecular weight is 386 g/mol. The second-order valence-electron chi connectivity index (χ2n) is 7.16. The van der Waals surface area contributed by atoms with E-state index in [9.17, 15) is 9.59 Å². The number of nitrogens with zero attached hydrogens (tertiary/aromatic N) is 1. The third-order valence-electron chi connectivity index (χ3n) is 4.89. The fourth-order valence-electron chi connectivity index (χ4n) is 3.63. The van der Waals surface area contributed by atoms with Crippen molar-refractivity contribution >= 4 is 23.2 Å². The number of carbonyl (C=O) groups is 2. The van der Waals surface area contributed by atoms with E-state index >= 15 is 0 Å². The molecule has 1 N–H and O–H groups in total. The first kappa shape index (κ1) is 18.7. The van der Waals surface area contributed by atoms with Crippen LogP contribution in [-0.2, 0) is 0 Å². The number of rotatable bonds is 3. The van der Waals surface area contributed by atoms with Crippen LogP contribution in [0.5, 0.6) is 11.5 Å². The van der Waals surface area contributed by atoms with Gasteiger partial charge in [-0.25, -0.2) is 0 Å². The van der Waals surface area contributed by atoms with E-state index in [-0.39, 0.29) is 11.8 Å². The maximum Gasteiger partial charge on any atom is 0.262 e. The number of anilines is 2. The van der Waals surface area contributed by atoms with Gasteiger partial charge < -0.3 is 15.0 Å². The highest BCUT2D eigenvalue weighted by molar-refractivity contribution is 6.11. The van der Waals surface area contributed by atoms with Crippen LogP contribution in [0.3, 0.4) is 0 Å². The van der Waals surface area contributed by atoms with Gasteiger partial charge in [0, 0.05) is 17.8 Å². The molecule has 4 rings (SSSR count). The Morgan fingerprint density at radius 1 is 0.966 bits per heavy atom. The van der Waals surface area contributed by atoms with Crippen molar-refractivity contribution in [3.63, 3.8) is 0 Å². The molecule has 2 amide bonds. The zero-order valence-electron chi connectivity index (χ0n) is 16.7. The van der Waals surface area contributed by atoms with E-state index in [1.54, 1.807) is 23.1 Å². The van der Waals surface area contributed by atoms with Crippen LogP contribution in [0.4, 0.5) is 11.4 Å². The largest absolute Gasteiger partial charge is 0.454 e. The average Bonchev–Trinajstić information content (AvgIpc) is 2.81. The summed E-state index contributed by atoms with van der Waals surface area (Å²) in [5, 5.41) is 2.89. The number of para-hydroxylation sites is 2. The van der Waals surface area contributed by atoms with Gasteiger partial charge in [0.25, 0.3) is 11.8 Å². The highest BCUT2D eigenvalue weighted by Gasteiger charge is 2.27. The predicted molar refractivity (Wildman–Crippen MR) is 114 cm³/mol. The maximum absolute atomic E-state index is 13.2. The Morgan fingerprint density at radius 2 is 1.69 bits per heavy atom. The van der Waals surface area contributed by atoms with Crippen molar-refractivity contribution in [1.29, 1.82) is 0 Å². The molecule has 0 unspecified atom stereocenters. The minimum atomic E-state index is -0.214. The number of carbonyl (C=O) groups excluding carboxylic acids is 2. The lowest BCUT2D eigenvalue weighted by atomic mass is 10.1. The van der Waals surface area contributed by atoms with E-state index in [2.05, 4.69) is 5.32 Å². The summed E-state index contributed by atoms with van der Waals surface area (Å²) in [5.74, 6) is 0.737. The Balaban J connectivity index is 1.68. The number of fused-ring (bicyclic) bond motifs is 2. The van der Waals surface area contributed by atoms with Gasteiger partial charge >= 0.3 is 0 Å². The van der Waals surface area contributed by atoms with Crippen molar-refractivity contribution in [1.82, 2.24) is 0 Å². The molecule has 0 atom stereocenters. The number of benzene rings is 3. The third-order valence-corrected chi connectivity index (χ3v) is 4.89. The molecule has 3 aromatic carbocycles. The smallest absolute Gasteiger partial charge is 0.262 e. The van der Waals surface area contributed by atoms with Gasteiger partial charge in [0.05, 0.1) is 11.3 Å². The molecule has 0 fully saturated rings. The lowest BCUT2D eigenvalue weighted by Gasteiger charge is -2.19. The monoisotopic (exact) mass is 386 g/mol. The summed E-state index contributed by atoms with van der Waals surface area (Å²) >= 11 is 0. The summed E-state index contributed by atoms with van der Waals surface area (Å²) < 4.78 is 6.01. The molecule has 3 aromatic rings. The van der Waals surface area contributed by atoms with Crippen LogP contribution >= 0.6 is 0 Å². The topological polar surface area (TPSA) is 58.6 Å². The predicted octanol–water partition coefficient (Wildman–Crippen LogP) is 5.33. The molecule has 29 heavy (non-hydrogen) atoms. The van der Waals surface area contributed by atoms with Gasteiger partial charge in [-0.3, -0.25) is 9.59 Å². The van der Waals surface area contributed by atoms with E-state index < -0.39 is 0 Å². The molecule has 146 valence electrons. The molecular formula is C24H22N2O3. The van der Waals surface area contributed by atoms with Crippen LogP contribution in [0.1, 0.15) is 38.8 Å². The van der Waals surface area contributed by atoms with E-state index in [1.807, 2.05) is 63.2 Å². The molecule has 0 saturated carbocycles. The zero-order valence-corrected chi connectivity index (χ0v) is 16.7. The lowest BCUT2D eigenvalue weighted by Crippen LogP contribution is -2.29. The fraction of sp³-hybridized carbons (Fsp3) is 0.167. The second kappa shape index (κ2) is 7.43. The van der Waals surface area contributed by atoms with Crippen LogP contribution in [-0.4, -0.2) is 18.4 Å². The number of nitrogens with one attached hydrogen (secondary N) is 1. The van der Waals surface area contributed by atoms with Crippen molar-refractivity contribution < 1.29 is 14.3 Å². The Labute approximate surface area is 169 Å².